The molecule has 1 aliphatic rings. The van der Waals surface area contributed by atoms with Gasteiger partial charge in [0.1, 0.15) is 17.4 Å². The zero-order chi connectivity index (χ0) is 14.1. The molecule has 0 aliphatic carbocycles. The summed E-state index contributed by atoms with van der Waals surface area (Å²) in [6.45, 7) is 2.76. The fourth-order valence-electron chi connectivity index (χ4n) is 2.75. The number of fused-ring (bicyclic) bond motifs is 1. The molecular weight excluding hydrogens is 276 g/mol. The summed E-state index contributed by atoms with van der Waals surface area (Å²) in [7, 11) is 0. The number of halogens is 1. The molecule has 2 aromatic heterocycles. The van der Waals surface area contributed by atoms with Crippen molar-refractivity contribution in [3.63, 3.8) is 0 Å². The van der Waals surface area contributed by atoms with Gasteiger partial charge in [-0.3, -0.25) is 9.36 Å². The van der Waals surface area contributed by atoms with Crippen LogP contribution >= 0.6 is 11.6 Å². The molecule has 1 aliphatic heterocycles. The standard InChI is InChI=1S/C14H17ClN4O/c1-9-5-8-16-13-12(9)18-11(4-6-15)19(13)10-3-2-7-17-14(10)20/h5,8,10H,2-4,6-7H2,1H3,(H,17,20). The number of carbonyl (C=O) groups excluding carboxylic acids is 1. The Kier molecular flexibility index (Phi) is 3.61. The SMILES string of the molecule is Cc1ccnc2c1nc(CCCl)n2C1CCCNC1=O. The summed E-state index contributed by atoms with van der Waals surface area (Å²) in [5.74, 6) is 1.38. The molecule has 5 nitrogen and oxygen atoms in total. The Morgan fingerprint density at radius 1 is 1.55 bits per heavy atom. The van der Waals surface area contributed by atoms with Gasteiger partial charge in [0.2, 0.25) is 5.91 Å². The van der Waals surface area contributed by atoms with Crippen LogP contribution in [0.25, 0.3) is 11.2 Å². The Balaban J connectivity index is 2.18. The lowest BCUT2D eigenvalue weighted by Gasteiger charge is -2.24. The van der Waals surface area contributed by atoms with E-state index in [9.17, 15) is 4.79 Å². The molecule has 0 saturated carbocycles. The summed E-state index contributed by atoms with van der Waals surface area (Å²) in [6.07, 6.45) is 4.20. The summed E-state index contributed by atoms with van der Waals surface area (Å²) in [5.41, 5.74) is 2.72. The maximum Gasteiger partial charge on any atom is 0.243 e. The molecule has 1 unspecified atom stereocenters. The van der Waals surface area contributed by atoms with Crippen molar-refractivity contribution in [1.29, 1.82) is 0 Å². The van der Waals surface area contributed by atoms with Gasteiger partial charge in [-0.05, 0) is 31.4 Å². The third-order valence-electron chi connectivity index (χ3n) is 3.74. The Morgan fingerprint density at radius 2 is 2.40 bits per heavy atom. The topological polar surface area (TPSA) is 59.8 Å². The van der Waals surface area contributed by atoms with Gasteiger partial charge in [0, 0.05) is 25.0 Å². The second-order valence-electron chi connectivity index (χ2n) is 5.09. The predicted molar refractivity (Wildman–Crippen MR) is 78.0 cm³/mol. The van der Waals surface area contributed by atoms with Crippen molar-refractivity contribution >= 4 is 28.7 Å². The van der Waals surface area contributed by atoms with Crippen molar-refractivity contribution in [1.82, 2.24) is 19.9 Å². The van der Waals surface area contributed by atoms with Crippen molar-refractivity contribution in [3.8, 4) is 0 Å². The number of amides is 1. The fourth-order valence-corrected chi connectivity index (χ4v) is 2.92. The summed E-state index contributed by atoms with van der Waals surface area (Å²) in [4.78, 5) is 21.2. The van der Waals surface area contributed by atoms with E-state index in [4.69, 9.17) is 11.6 Å². The molecule has 6 heteroatoms. The molecule has 1 saturated heterocycles. The highest BCUT2D eigenvalue weighted by Crippen LogP contribution is 2.26. The van der Waals surface area contributed by atoms with E-state index in [0.717, 1.165) is 41.9 Å². The van der Waals surface area contributed by atoms with E-state index >= 15 is 0 Å². The number of alkyl halides is 1. The van der Waals surface area contributed by atoms with Gasteiger partial charge in [0.05, 0.1) is 0 Å². The van der Waals surface area contributed by atoms with Crippen LogP contribution in [-0.4, -0.2) is 32.9 Å². The lowest BCUT2D eigenvalue weighted by molar-refractivity contribution is -0.125. The summed E-state index contributed by atoms with van der Waals surface area (Å²) in [6, 6.07) is 1.71. The van der Waals surface area contributed by atoms with Crippen LogP contribution in [0.4, 0.5) is 0 Å². The van der Waals surface area contributed by atoms with E-state index in [-0.39, 0.29) is 11.9 Å². The molecule has 0 radical (unpaired) electrons. The zero-order valence-corrected chi connectivity index (χ0v) is 12.2. The Bertz CT molecular complexity index is 652. The van der Waals surface area contributed by atoms with E-state index < -0.39 is 0 Å². The van der Waals surface area contributed by atoms with E-state index in [1.54, 1.807) is 6.20 Å². The highest BCUT2D eigenvalue weighted by Gasteiger charge is 2.28. The highest BCUT2D eigenvalue weighted by molar-refractivity contribution is 6.17. The number of aryl methyl sites for hydroxylation is 2. The molecule has 1 atom stereocenters. The number of piperidine rings is 1. The van der Waals surface area contributed by atoms with Gasteiger partial charge >= 0.3 is 0 Å². The van der Waals surface area contributed by atoms with Crippen molar-refractivity contribution in [2.45, 2.75) is 32.2 Å². The molecular formula is C14H17ClN4O. The molecule has 3 rings (SSSR count). The predicted octanol–water partition coefficient (Wildman–Crippen LogP) is 1.97. The minimum Gasteiger partial charge on any atom is -0.354 e. The Hall–Kier alpha value is -1.62. The fraction of sp³-hybridized carbons (Fsp3) is 0.500. The van der Waals surface area contributed by atoms with Gasteiger partial charge in [-0.1, -0.05) is 0 Å². The average Bonchev–Trinajstić information content (AvgIpc) is 2.80. The van der Waals surface area contributed by atoms with Crippen LogP contribution in [-0.2, 0) is 11.2 Å². The first kappa shape index (κ1) is 13.4. The third kappa shape index (κ3) is 2.16. The monoisotopic (exact) mass is 292 g/mol. The van der Waals surface area contributed by atoms with E-state index in [1.165, 1.54) is 0 Å². The first-order chi connectivity index (χ1) is 9.72. The number of imidazole rings is 1. The second kappa shape index (κ2) is 5.40. The highest BCUT2D eigenvalue weighted by atomic mass is 35.5. The Labute approximate surface area is 122 Å². The minimum atomic E-state index is -0.221. The smallest absolute Gasteiger partial charge is 0.243 e. The normalized spacial score (nSPS) is 19.3. The largest absolute Gasteiger partial charge is 0.354 e. The van der Waals surface area contributed by atoms with Crippen molar-refractivity contribution < 1.29 is 4.79 Å². The maximum atomic E-state index is 12.2. The van der Waals surface area contributed by atoms with Crippen LogP contribution in [0.1, 0.15) is 30.3 Å². The van der Waals surface area contributed by atoms with Crippen molar-refractivity contribution in [2.75, 3.05) is 12.4 Å². The quantitative estimate of drug-likeness (QED) is 0.880. The molecule has 1 amide bonds. The summed E-state index contributed by atoms with van der Waals surface area (Å²) >= 11 is 5.88. The first-order valence-corrected chi connectivity index (χ1v) is 7.42. The summed E-state index contributed by atoms with van der Waals surface area (Å²) < 4.78 is 1.97. The zero-order valence-electron chi connectivity index (χ0n) is 11.4. The van der Waals surface area contributed by atoms with Gasteiger partial charge in [-0.15, -0.1) is 11.6 Å². The van der Waals surface area contributed by atoms with Gasteiger partial charge in [-0.25, -0.2) is 9.97 Å². The van der Waals surface area contributed by atoms with E-state index in [2.05, 4.69) is 15.3 Å². The van der Waals surface area contributed by atoms with Gasteiger partial charge < -0.3 is 5.32 Å². The van der Waals surface area contributed by atoms with Crippen molar-refractivity contribution in [3.05, 3.63) is 23.7 Å². The first-order valence-electron chi connectivity index (χ1n) is 6.88. The second-order valence-corrected chi connectivity index (χ2v) is 5.46. The van der Waals surface area contributed by atoms with Crippen LogP contribution in [0.15, 0.2) is 12.3 Å². The van der Waals surface area contributed by atoms with Gasteiger partial charge in [-0.2, -0.15) is 0 Å². The van der Waals surface area contributed by atoms with Crippen molar-refractivity contribution in [2.24, 2.45) is 0 Å². The Morgan fingerprint density at radius 3 is 3.15 bits per heavy atom. The number of nitrogens with zero attached hydrogens (tertiary/aromatic N) is 3. The number of aromatic nitrogens is 3. The maximum absolute atomic E-state index is 12.2. The number of hydrogen-bond donors (Lipinski definition) is 1. The summed E-state index contributed by atoms with van der Waals surface area (Å²) in [5, 5.41) is 2.92. The number of rotatable bonds is 3. The van der Waals surface area contributed by atoms with Crippen LogP contribution in [0.5, 0.6) is 0 Å². The van der Waals surface area contributed by atoms with Gasteiger partial charge in [0.25, 0.3) is 0 Å². The number of carbonyl (C=O) groups is 1. The van der Waals surface area contributed by atoms with Crippen LogP contribution in [0.2, 0.25) is 0 Å². The molecule has 1 fully saturated rings. The van der Waals surface area contributed by atoms with E-state index in [1.807, 2.05) is 17.6 Å². The third-order valence-corrected chi connectivity index (χ3v) is 3.93. The average molecular weight is 293 g/mol. The molecule has 0 bridgehead atoms. The number of nitrogens with one attached hydrogen (secondary N) is 1. The van der Waals surface area contributed by atoms with Crippen LogP contribution in [0, 0.1) is 6.92 Å². The lowest BCUT2D eigenvalue weighted by Crippen LogP contribution is -2.38. The van der Waals surface area contributed by atoms with Crippen LogP contribution in [0.3, 0.4) is 0 Å². The molecule has 2 aromatic rings. The molecule has 3 heterocycles. The minimum absolute atomic E-state index is 0.0506. The molecule has 0 aromatic carbocycles. The van der Waals surface area contributed by atoms with E-state index in [0.29, 0.717) is 12.3 Å². The number of hydrogen-bond acceptors (Lipinski definition) is 3. The van der Waals surface area contributed by atoms with Gasteiger partial charge in [0.15, 0.2) is 5.65 Å². The molecule has 1 N–H and O–H groups in total. The lowest BCUT2D eigenvalue weighted by atomic mass is 10.1. The molecule has 20 heavy (non-hydrogen) atoms. The molecule has 106 valence electrons. The number of pyridine rings is 1. The van der Waals surface area contributed by atoms with Crippen LogP contribution < -0.4 is 5.32 Å². The molecule has 0 spiro atoms.